The van der Waals surface area contributed by atoms with E-state index in [2.05, 4.69) is 10.1 Å². The summed E-state index contributed by atoms with van der Waals surface area (Å²) in [6.07, 6.45) is 4.70. The van der Waals surface area contributed by atoms with Gasteiger partial charge in [0.15, 0.2) is 6.61 Å². The van der Waals surface area contributed by atoms with Gasteiger partial charge in [-0.3, -0.25) is 9.59 Å². The van der Waals surface area contributed by atoms with Gasteiger partial charge in [-0.05, 0) is 31.0 Å². The largest absolute Gasteiger partial charge is 0.455 e. The van der Waals surface area contributed by atoms with E-state index in [-0.39, 0.29) is 22.7 Å². The Kier molecular flexibility index (Phi) is 6.78. The molecular weight excluding hydrogens is 344 g/mol. The molecule has 132 valence electrons. The van der Waals surface area contributed by atoms with Crippen molar-refractivity contribution in [1.29, 1.82) is 0 Å². The van der Waals surface area contributed by atoms with Crippen LogP contribution in [0.25, 0.3) is 0 Å². The highest BCUT2D eigenvalue weighted by atomic mass is 35.5. The number of benzene rings is 1. The number of esters is 1. The van der Waals surface area contributed by atoms with E-state index in [0.29, 0.717) is 5.69 Å². The Labute approximate surface area is 143 Å². The monoisotopic (exact) mass is 361 g/mol. The number of hydrogen-bond donors (Lipinski definition) is 1. The molecule has 1 aromatic rings. The number of nitrogens with one attached hydrogen (secondary N) is 1. The molecule has 2 rings (SSSR count). The number of hydrogen-bond acceptors (Lipinski definition) is 4. The fourth-order valence-electron chi connectivity index (χ4n) is 2.56. The number of carbonyl (C=O) groups is 2. The Bertz CT molecular complexity index is 591. The van der Waals surface area contributed by atoms with Gasteiger partial charge in [0.1, 0.15) is 5.75 Å². The lowest BCUT2D eigenvalue weighted by molar-refractivity contribution is -0.152. The van der Waals surface area contributed by atoms with E-state index in [0.717, 1.165) is 32.1 Å². The second-order valence-corrected chi connectivity index (χ2v) is 5.92. The lowest BCUT2D eigenvalue weighted by Crippen LogP contribution is -2.26. The molecule has 0 bridgehead atoms. The molecule has 5 nitrogen and oxygen atoms in total. The Morgan fingerprint density at radius 3 is 2.58 bits per heavy atom. The number of rotatable bonds is 6. The second kappa shape index (κ2) is 8.82. The maximum atomic E-state index is 12.1. The molecule has 0 aliphatic heterocycles. The van der Waals surface area contributed by atoms with E-state index < -0.39 is 19.1 Å². The summed E-state index contributed by atoms with van der Waals surface area (Å²) in [5, 5.41) is 2.42. The molecule has 0 unspecified atom stereocenters. The van der Waals surface area contributed by atoms with Crippen molar-refractivity contribution in [2.75, 3.05) is 11.9 Å². The predicted molar refractivity (Wildman–Crippen MR) is 84.2 cm³/mol. The average Bonchev–Trinajstić information content (AvgIpc) is 2.55. The number of carbonyl (C=O) groups excluding carboxylic acids is 2. The molecule has 1 aliphatic rings. The van der Waals surface area contributed by atoms with Gasteiger partial charge in [-0.2, -0.15) is 8.78 Å². The van der Waals surface area contributed by atoms with Crippen LogP contribution in [0.4, 0.5) is 14.5 Å². The summed E-state index contributed by atoms with van der Waals surface area (Å²) < 4.78 is 33.5. The molecule has 24 heavy (non-hydrogen) atoms. The first-order valence-electron chi connectivity index (χ1n) is 7.66. The topological polar surface area (TPSA) is 64.6 Å². The van der Waals surface area contributed by atoms with Crippen LogP contribution < -0.4 is 10.1 Å². The molecule has 1 saturated carbocycles. The Hall–Kier alpha value is -1.89. The number of ether oxygens (including phenoxy) is 2. The van der Waals surface area contributed by atoms with E-state index in [4.69, 9.17) is 16.3 Å². The summed E-state index contributed by atoms with van der Waals surface area (Å²) in [5.41, 5.74) is 0.292. The molecule has 1 aliphatic carbocycles. The molecule has 1 amide bonds. The van der Waals surface area contributed by atoms with Crippen molar-refractivity contribution in [1.82, 2.24) is 0 Å². The SMILES string of the molecule is O=C(COC(=O)C1CCCCC1)Nc1ccc(OC(F)F)c(Cl)c1. The zero-order valence-electron chi connectivity index (χ0n) is 12.9. The van der Waals surface area contributed by atoms with Crippen LogP contribution >= 0.6 is 11.6 Å². The van der Waals surface area contributed by atoms with E-state index in [1.54, 1.807) is 0 Å². The van der Waals surface area contributed by atoms with Crippen molar-refractivity contribution < 1.29 is 27.8 Å². The van der Waals surface area contributed by atoms with Gasteiger partial charge in [-0.15, -0.1) is 0 Å². The number of halogens is 3. The summed E-state index contributed by atoms with van der Waals surface area (Å²) in [6.45, 7) is -3.38. The van der Waals surface area contributed by atoms with Crippen molar-refractivity contribution in [2.24, 2.45) is 5.92 Å². The van der Waals surface area contributed by atoms with Gasteiger partial charge in [-0.25, -0.2) is 0 Å². The summed E-state index contributed by atoms with van der Waals surface area (Å²) in [6, 6.07) is 3.86. The minimum Gasteiger partial charge on any atom is -0.455 e. The smallest absolute Gasteiger partial charge is 0.387 e. The first kappa shape index (κ1) is 18.4. The zero-order valence-corrected chi connectivity index (χ0v) is 13.7. The molecule has 8 heteroatoms. The summed E-state index contributed by atoms with van der Waals surface area (Å²) >= 11 is 5.79. The maximum absolute atomic E-state index is 12.1. The normalized spacial score (nSPS) is 15.2. The highest BCUT2D eigenvalue weighted by Crippen LogP contribution is 2.29. The zero-order chi connectivity index (χ0) is 17.5. The van der Waals surface area contributed by atoms with Crippen LogP contribution in [0.1, 0.15) is 32.1 Å². The quantitative estimate of drug-likeness (QED) is 0.778. The Morgan fingerprint density at radius 1 is 1.25 bits per heavy atom. The first-order valence-corrected chi connectivity index (χ1v) is 8.04. The van der Waals surface area contributed by atoms with Crippen LogP contribution in [0.5, 0.6) is 5.75 Å². The molecule has 0 heterocycles. The van der Waals surface area contributed by atoms with Crippen molar-refractivity contribution >= 4 is 29.2 Å². The summed E-state index contributed by atoms with van der Waals surface area (Å²) in [4.78, 5) is 23.6. The van der Waals surface area contributed by atoms with Crippen LogP contribution in [0.2, 0.25) is 5.02 Å². The highest BCUT2D eigenvalue weighted by molar-refractivity contribution is 6.32. The van der Waals surface area contributed by atoms with Gasteiger partial charge in [-0.1, -0.05) is 30.9 Å². The minimum atomic E-state index is -2.98. The molecule has 0 radical (unpaired) electrons. The van der Waals surface area contributed by atoms with Crippen molar-refractivity contribution in [3.8, 4) is 5.75 Å². The molecule has 0 atom stereocenters. The third kappa shape index (κ3) is 5.63. The first-order chi connectivity index (χ1) is 11.5. The van der Waals surface area contributed by atoms with Crippen molar-refractivity contribution in [3.63, 3.8) is 0 Å². The molecule has 1 N–H and O–H groups in total. The van der Waals surface area contributed by atoms with E-state index in [9.17, 15) is 18.4 Å². The lowest BCUT2D eigenvalue weighted by Gasteiger charge is -2.19. The molecular formula is C16H18ClF2NO4. The van der Waals surface area contributed by atoms with Gasteiger partial charge in [0, 0.05) is 5.69 Å². The average molecular weight is 362 g/mol. The molecule has 1 aromatic carbocycles. The number of anilines is 1. The Morgan fingerprint density at radius 2 is 1.96 bits per heavy atom. The van der Waals surface area contributed by atoms with E-state index >= 15 is 0 Å². The van der Waals surface area contributed by atoms with Gasteiger partial charge >= 0.3 is 12.6 Å². The van der Waals surface area contributed by atoms with Crippen molar-refractivity contribution in [3.05, 3.63) is 23.2 Å². The third-order valence-corrected chi connectivity index (χ3v) is 4.01. The Balaban J connectivity index is 1.81. The van der Waals surface area contributed by atoms with Crippen LogP contribution in [0, 0.1) is 5.92 Å². The second-order valence-electron chi connectivity index (χ2n) is 5.51. The standard InChI is InChI=1S/C16H18ClF2NO4/c17-12-8-11(6-7-13(12)24-16(18)19)20-14(21)9-23-15(22)10-4-2-1-3-5-10/h6-8,10,16H,1-5,9H2,(H,20,21). The molecule has 0 spiro atoms. The van der Waals surface area contributed by atoms with Crippen LogP contribution in [0.3, 0.4) is 0 Å². The number of amides is 1. The van der Waals surface area contributed by atoms with Gasteiger partial charge < -0.3 is 14.8 Å². The van der Waals surface area contributed by atoms with Crippen LogP contribution in [0.15, 0.2) is 18.2 Å². The summed E-state index contributed by atoms with van der Waals surface area (Å²) in [5.74, 6) is -1.21. The van der Waals surface area contributed by atoms with E-state index in [1.807, 2.05) is 0 Å². The lowest BCUT2D eigenvalue weighted by atomic mass is 9.89. The molecule has 0 saturated heterocycles. The van der Waals surface area contributed by atoms with Gasteiger partial charge in [0.2, 0.25) is 0 Å². The van der Waals surface area contributed by atoms with Gasteiger partial charge in [0.25, 0.3) is 5.91 Å². The predicted octanol–water partition coefficient (Wildman–Crippen LogP) is 4.00. The summed E-state index contributed by atoms with van der Waals surface area (Å²) in [7, 11) is 0. The van der Waals surface area contributed by atoms with E-state index in [1.165, 1.54) is 18.2 Å². The van der Waals surface area contributed by atoms with Crippen LogP contribution in [-0.4, -0.2) is 25.1 Å². The third-order valence-electron chi connectivity index (χ3n) is 3.72. The van der Waals surface area contributed by atoms with Crippen LogP contribution in [-0.2, 0) is 14.3 Å². The molecule has 0 aromatic heterocycles. The number of alkyl halides is 2. The molecule has 1 fully saturated rings. The highest BCUT2D eigenvalue weighted by Gasteiger charge is 2.23. The fraction of sp³-hybridized carbons (Fsp3) is 0.500. The van der Waals surface area contributed by atoms with Gasteiger partial charge in [0.05, 0.1) is 10.9 Å². The van der Waals surface area contributed by atoms with Crippen molar-refractivity contribution in [2.45, 2.75) is 38.7 Å². The fourth-order valence-corrected chi connectivity index (χ4v) is 2.79. The minimum absolute atomic E-state index is 0.0627. The maximum Gasteiger partial charge on any atom is 0.387 e.